The molecule has 1 aliphatic rings. The van der Waals surface area contributed by atoms with E-state index in [-0.39, 0.29) is 5.82 Å². The Hall–Kier alpha value is -1.57. The number of ether oxygens (including phenoxy) is 1. The third kappa shape index (κ3) is 2.22. The van der Waals surface area contributed by atoms with Gasteiger partial charge in [-0.2, -0.15) is 0 Å². The van der Waals surface area contributed by atoms with Crippen molar-refractivity contribution >= 4 is 0 Å². The summed E-state index contributed by atoms with van der Waals surface area (Å²) in [5, 5.41) is 0. The molecule has 0 bridgehead atoms. The Morgan fingerprint density at radius 2 is 1.86 bits per heavy atom. The molecule has 2 rings (SSSR count). The summed E-state index contributed by atoms with van der Waals surface area (Å²) in [6.45, 7) is 0. The molecule has 0 atom stereocenters. The molecule has 72 valence electrons. The lowest BCUT2D eigenvalue weighted by atomic mass is 10.2. The largest absolute Gasteiger partial charge is 0.458 e. The van der Waals surface area contributed by atoms with E-state index < -0.39 is 0 Å². The second kappa shape index (κ2) is 4.09. The molecule has 0 aliphatic heterocycles. The van der Waals surface area contributed by atoms with E-state index in [0.29, 0.717) is 5.75 Å². The van der Waals surface area contributed by atoms with Gasteiger partial charge in [-0.15, -0.1) is 0 Å². The molecule has 0 N–H and O–H groups in total. The van der Waals surface area contributed by atoms with Gasteiger partial charge in [-0.05, 0) is 49.3 Å². The van der Waals surface area contributed by atoms with Gasteiger partial charge in [0.1, 0.15) is 17.3 Å². The number of benzene rings is 1. The Balaban J connectivity index is 2.07. The lowest BCUT2D eigenvalue weighted by Gasteiger charge is -2.08. The van der Waals surface area contributed by atoms with Crippen LogP contribution in [-0.2, 0) is 0 Å². The standard InChI is InChI=1S/C12H11FO/c13-10-6-8-12(9-7-10)14-11-4-2-1-3-5-11/h2,4-9H,1,3H2. The maximum absolute atomic E-state index is 12.6. The molecule has 0 saturated heterocycles. The van der Waals surface area contributed by atoms with Crippen molar-refractivity contribution in [1.82, 2.24) is 0 Å². The molecule has 0 aromatic heterocycles. The van der Waals surface area contributed by atoms with Crippen molar-refractivity contribution in [2.24, 2.45) is 0 Å². The maximum atomic E-state index is 12.6. The number of allylic oxidation sites excluding steroid dienone is 3. The summed E-state index contributed by atoms with van der Waals surface area (Å²) in [5.74, 6) is 1.26. The van der Waals surface area contributed by atoms with Crippen LogP contribution in [0.2, 0.25) is 0 Å². The first-order valence-electron chi connectivity index (χ1n) is 4.65. The normalized spacial score (nSPS) is 15.1. The SMILES string of the molecule is Fc1ccc(OC2=CCCC=C2)cc1. The number of rotatable bonds is 2. The molecule has 2 heteroatoms. The van der Waals surface area contributed by atoms with E-state index in [2.05, 4.69) is 6.08 Å². The number of hydrogen-bond donors (Lipinski definition) is 0. The van der Waals surface area contributed by atoms with Crippen LogP contribution in [0.1, 0.15) is 12.8 Å². The monoisotopic (exact) mass is 190 g/mol. The van der Waals surface area contributed by atoms with Gasteiger partial charge in [0.05, 0.1) is 0 Å². The van der Waals surface area contributed by atoms with Crippen LogP contribution in [-0.4, -0.2) is 0 Å². The second-order valence-electron chi connectivity index (χ2n) is 3.14. The smallest absolute Gasteiger partial charge is 0.127 e. The van der Waals surface area contributed by atoms with E-state index in [1.54, 1.807) is 12.1 Å². The highest BCUT2D eigenvalue weighted by Crippen LogP contribution is 2.17. The maximum Gasteiger partial charge on any atom is 0.127 e. The minimum Gasteiger partial charge on any atom is -0.458 e. The molecule has 0 radical (unpaired) electrons. The van der Waals surface area contributed by atoms with Gasteiger partial charge in [-0.3, -0.25) is 0 Å². The van der Waals surface area contributed by atoms with Crippen molar-refractivity contribution in [2.45, 2.75) is 12.8 Å². The fourth-order valence-electron chi connectivity index (χ4n) is 1.30. The van der Waals surface area contributed by atoms with E-state index >= 15 is 0 Å². The highest BCUT2D eigenvalue weighted by molar-refractivity contribution is 5.27. The summed E-state index contributed by atoms with van der Waals surface area (Å²) < 4.78 is 18.1. The molecular weight excluding hydrogens is 179 g/mol. The number of halogens is 1. The molecule has 0 fully saturated rings. The molecule has 1 aliphatic carbocycles. The number of hydrogen-bond acceptors (Lipinski definition) is 1. The van der Waals surface area contributed by atoms with Crippen molar-refractivity contribution in [3.8, 4) is 5.75 Å². The topological polar surface area (TPSA) is 9.23 Å². The summed E-state index contributed by atoms with van der Waals surface area (Å²) >= 11 is 0. The zero-order valence-electron chi connectivity index (χ0n) is 7.74. The summed E-state index contributed by atoms with van der Waals surface area (Å²) in [7, 11) is 0. The fourth-order valence-corrected chi connectivity index (χ4v) is 1.30. The van der Waals surface area contributed by atoms with Crippen molar-refractivity contribution in [3.05, 3.63) is 54.1 Å². The first-order valence-corrected chi connectivity index (χ1v) is 4.65. The van der Waals surface area contributed by atoms with Crippen molar-refractivity contribution in [3.63, 3.8) is 0 Å². The Labute approximate surface area is 82.5 Å². The molecule has 0 saturated carbocycles. The average Bonchev–Trinajstić information content (AvgIpc) is 2.23. The minimum atomic E-state index is -0.245. The lowest BCUT2D eigenvalue weighted by Crippen LogP contribution is -1.94. The molecule has 1 nitrogen and oxygen atoms in total. The van der Waals surface area contributed by atoms with Gasteiger partial charge in [0.2, 0.25) is 0 Å². The summed E-state index contributed by atoms with van der Waals surface area (Å²) in [6, 6.07) is 6.03. The van der Waals surface area contributed by atoms with Gasteiger partial charge < -0.3 is 4.74 Å². The first kappa shape index (κ1) is 9.00. The van der Waals surface area contributed by atoms with E-state index in [0.717, 1.165) is 18.6 Å². The molecule has 1 aromatic rings. The zero-order valence-corrected chi connectivity index (χ0v) is 7.74. The van der Waals surface area contributed by atoms with Gasteiger partial charge >= 0.3 is 0 Å². The van der Waals surface area contributed by atoms with Crippen LogP contribution in [0.5, 0.6) is 5.75 Å². The van der Waals surface area contributed by atoms with E-state index in [1.165, 1.54) is 12.1 Å². The van der Waals surface area contributed by atoms with Crippen LogP contribution in [0.15, 0.2) is 48.3 Å². The first-order chi connectivity index (χ1) is 6.84. The molecule has 0 heterocycles. The third-order valence-electron chi connectivity index (χ3n) is 2.01. The van der Waals surface area contributed by atoms with E-state index in [4.69, 9.17) is 4.74 Å². The Kier molecular flexibility index (Phi) is 2.63. The Bertz CT molecular complexity index is 362. The quantitative estimate of drug-likeness (QED) is 0.694. The predicted octanol–water partition coefficient (Wildman–Crippen LogP) is 3.44. The average molecular weight is 190 g/mol. The van der Waals surface area contributed by atoms with Crippen LogP contribution in [0.4, 0.5) is 4.39 Å². The molecule has 0 unspecified atom stereocenters. The van der Waals surface area contributed by atoms with Gasteiger partial charge in [0, 0.05) is 0 Å². The molecule has 1 aromatic carbocycles. The summed E-state index contributed by atoms with van der Waals surface area (Å²) in [4.78, 5) is 0. The van der Waals surface area contributed by atoms with Crippen LogP contribution < -0.4 is 4.74 Å². The molecule has 0 spiro atoms. The van der Waals surface area contributed by atoms with Crippen LogP contribution >= 0.6 is 0 Å². The summed E-state index contributed by atoms with van der Waals surface area (Å²) in [6.07, 6.45) is 8.11. The van der Waals surface area contributed by atoms with Crippen LogP contribution in [0.3, 0.4) is 0 Å². The fraction of sp³-hybridized carbons (Fsp3) is 0.167. The van der Waals surface area contributed by atoms with E-state index in [1.807, 2.05) is 12.2 Å². The van der Waals surface area contributed by atoms with Crippen molar-refractivity contribution in [1.29, 1.82) is 0 Å². The van der Waals surface area contributed by atoms with Crippen molar-refractivity contribution < 1.29 is 9.13 Å². The zero-order chi connectivity index (χ0) is 9.80. The molecule has 0 amide bonds. The van der Waals surface area contributed by atoms with Crippen LogP contribution in [0.25, 0.3) is 0 Å². The van der Waals surface area contributed by atoms with Gasteiger partial charge in [-0.25, -0.2) is 4.39 Å². The Morgan fingerprint density at radius 1 is 1.07 bits per heavy atom. The van der Waals surface area contributed by atoms with E-state index in [9.17, 15) is 4.39 Å². The van der Waals surface area contributed by atoms with Crippen LogP contribution in [0, 0.1) is 5.82 Å². The minimum absolute atomic E-state index is 0.245. The molecular formula is C12H11FO. The lowest BCUT2D eigenvalue weighted by molar-refractivity contribution is 0.438. The highest BCUT2D eigenvalue weighted by atomic mass is 19.1. The van der Waals surface area contributed by atoms with Gasteiger partial charge in [0.25, 0.3) is 0 Å². The van der Waals surface area contributed by atoms with Gasteiger partial charge in [-0.1, -0.05) is 6.08 Å². The third-order valence-corrected chi connectivity index (χ3v) is 2.01. The second-order valence-corrected chi connectivity index (χ2v) is 3.14. The summed E-state index contributed by atoms with van der Waals surface area (Å²) in [5.41, 5.74) is 0. The highest BCUT2D eigenvalue weighted by Gasteiger charge is 2.00. The van der Waals surface area contributed by atoms with Gasteiger partial charge in [0.15, 0.2) is 0 Å². The van der Waals surface area contributed by atoms with Crippen molar-refractivity contribution in [2.75, 3.05) is 0 Å². The Morgan fingerprint density at radius 3 is 2.50 bits per heavy atom. The predicted molar refractivity (Wildman–Crippen MR) is 53.5 cm³/mol. The molecule has 14 heavy (non-hydrogen) atoms.